The summed E-state index contributed by atoms with van der Waals surface area (Å²) in [5, 5.41) is 27.8. The van der Waals surface area contributed by atoms with Crippen LogP contribution in [0.3, 0.4) is 0 Å². The topological polar surface area (TPSA) is 214 Å². The van der Waals surface area contributed by atoms with Gasteiger partial charge in [-0.25, -0.2) is 14.1 Å². The molecule has 18 heteroatoms. The highest BCUT2D eigenvalue weighted by atomic mass is 31.2. The van der Waals surface area contributed by atoms with Crippen LogP contribution in [0.2, 0.25) is 0 Å². The number of unbranched alkanes of at least 4 members (excludes halogenated alkanes) is 15. The number of hydrogen-bond acceptors (Lipinski definition) is 15. The Kier molecular flexibility index (Phi) is 21.7. The molecule has 2 N–H and O–H groups in total. The van der Waals surface area contributed by atoms with Gasteiger partial charge < -0.3 is 33.9 Å². The van der Waals surface area contributed by atoms with Crippen LogP contribution < -0.4 is 10.3 Å². The normalized spacial score (nSPS) is 17.3. The first-order valence-corrected chi connectivity index (χ1v) is 26.4. The highest BCUT2D eigenvalue weighted by Gasteiger charge is 2.49. The van der Waals surface area contributed by atoms with Crippen LogP contribution in [0.25, 0.3) is 16.3 Å². The molecule has 1 unspecified atom stereocenters. The Labute approximate surface area is 412 Å². The summed E-state index contributed by atoms with van der Waals surface area (Å²) in [5.41, 5.74) is 7.88. The minimum atomic E-state index is -4.65. The Bertz CT molecular complexity index is 2450. The van der Waals surface area contributed by atoms with E-state index in [1.165, 1.54) is 114 Å². The zero-order chi connectivity index (χ0) is 49.6. The number of fused-ring (bicyclic) bond motifs is 2. The minimum Gasteiger partial charge on any atom is -0.419 e. The Balaban J connectivity index is 1.08. The number of benzene rings is 3. The molecule has 5 aromatic rings. The predicted octanol–water partition coefficient (Wildman–Crippen LogP) is 12.5. The number of phosphoric acid groups is 1. The summed E-state index contributed by atoms with van der Waals surface area (Å²) in [5.74, 6) is -0.945. The molecule has 0 bridgehead atoms. The number of nitrogen functional groups attached to an aromatic ring is 1. The molecular weight excluding hydrogens is 916 g/mol. The van der Waals surface area contributed by atoms with Crippen LogP contribution in [0.15, 0.2) is 85.2 Å². The molecule has 1 saturated heterocycles. The summed E-state index contributed by atoms with van der Waals surface area (Å²) in [6.45, 7) is 5.66. The number of anilines is 1. The van der Waals surface area contributed by atoms with Gasteiger partial charge in [-0.2, -0.15) is 10.4 Å². The van der Waals surface area contributed by atoms with Crippen LogP contribution in [0.5, 0.6) is 5.75 Å². The standard InChI is InChI=1S/C52H71N6O11P/c1-4-5-6-7-8-9-10-11-12-13-14-15-16-17-18-21-32-62-35-45(63-34-40-24-25-41-22-19-20-23-42(41)33-40)36-65-70(61,69-44-28-26-43(27-29-44)58(59)60)66-37-48(64-38-53)50-49(67-52(2,3)68-50)46-30-31-47-51(54)55-39-56-57(46)47/h19-20,22-31,33,39,45,48-50H,4-18,21,32,34-37H2,1-3H3,(H2,54,55,56)/t45-,48-,49+,50-,70?/m1/s1. The van der Waals surface area contributed by atoms with Gasteiger partial charge in [0.05, 0.1) is 30.4 Å². The average molecular weight is 987 g/mol. The van der Waals surface area contributed by atoms with Crippen LogP contribution >= 0.6 is 7.82 Å². The van der Waals surface area contributed by atoms with E-state index in [1.807, 2.05) is 42.5 Å². The van der Waals surface area contributed by atoms with Gasteiger partial charge in [-0.15, -0.1) is 0 Å². The van der Waals surface area contributed by atoms with E-state index in [2.05, 4.69) is 17.0 Å². The molecule has 1 aliphatic heterocycles. The lowest BCUT2D eigenvalue weighted by molar-refractivity contribution is -0.384. The Morgan fingerprint density at radius 3 is 2.13 bits per heavy atom. The maximum absolute atomic E-state index is 14.8. The summed E-state index contributed by atoms with van der Waals surface area (Å²) in [6, 6.07) is 22.6. The number of hydrogen-bond donors (Lipinski definition) is 1. The van der Waals surface area contributed by atoms with Crippen molar-refractivity contribution in [2.75, 3.05) is 32.2 Å². The molecular formula is C52H71N6O11P. The van der Waals surface area contributed by atoms with Crippen LogP contribution in [-0.4, -0.2) is 70.0 Å². The second-order valence-corrected chi connectivity index (χ2v) is 19.9. The van der Waals surface area contributed by atoms with E-state index in [0.717, 1.165) is 35.6 Å². The first-order chi connectivity index (χ1) is 34.0. The largest absolute Gasteiger partial charge is 0.530 e. The molecule has 0 amide bonds. The molecule has 3 heterocycles. The van der Waals surface area contributed by atoms with Gasteiger partial charge in [-0.3, -0.25) is 19.2 Å². The minimum absolute atomic E-state index is 0.0311. The lowest BCUT2D eigenvalue weighted by atomic mass is 10.0. The highest BCUT2D eigenvalue weighted by molar-refractivity contribution is 7.48. The van der Waals surface area contributed by atoms with Crippen LogP contribution in [0.1, 0.15) is 141 Å². The molecule has 0 radical (unpaired) electrons. The Morgan fingerprint density at radius 1 is 0.829 bits per heavy atom. The fraction of sp³-hybridized carbons (Fsp3) is 0.558. The maximum Gasteiger partial charge on any atom is 0.530 e. The third kappa shape index (κ3) is 17.0. The number of nitrogens with zero attached hydrogens (tertiary/aromatic N) is 5. The van der Waals surface area contributed by atoms with Crippen molar-refractivity contribution in [2.24, 2.45) is 0 Å². The van der Waals surface area contributed by atoms with Crippen LogP contribution in [-0.2, 0) is 43.9 Å². The van der Waals surface area contributed by atoms with Crippen molar-refractivity contribution in [3.05, 3.63) is 107 Å². The first-order valence-electron chi connectivity index (χ1n) is 25.0. The molecule has 0 aliphatic carbocycles. The van der Waals surface area contributed by atoms with E-state index in [1.54, 1.807) is 36.8 Å². The summed E-state index contributed by atoms with van der Waals surface area (Å²) in [6.07, 6.45) is 19.6. The number of nitro benzene ring substituents is 1. The highest BCUT2D eigenvalue weighted by Crippen LogP contribution is 2.51. The average Bonchev–Trinajstić information content (AvgIpc) is 3.93. The summed E-state index contributed by atoms with van der Waals surface area (Å²) in [7, 11) is -4.65. The van der Waals surface area contributed by atoms with Gasteiger partial charge in [0.1, 0.15) is 42.5 Å². The Hall–Kier alpha value is -5.18. The number of rotatable bonds is 34. The summed E-state index contributed by atoms with van der Waals surface area (Å²) >= 11 is 0. The van der Waals surface area contributed by atoms with Crippen molar-refractivity contribution >= 4 is 35.6 Å². The van der Waals surface area contributed by atoms with Crippen molar-refractivity contribution in [2.45, 2.75) is 160 Å². The van der Waals surface area contributed by atoms with E-state index in [0.29, 0.717) is 17.8 Å². The number of ether oxygens (including phenoxy) is 5. The van der Waals surface area contributed by atoms with Gasteiger partial charge >= 0.3 is 7.82 Å². The lowest BCUT2D eigenvalue weighted by Crippen LogP contribution is -2.37. The van der Waals surface area contributed by atoms with E-state index in [4.69, 9.17) is 43.0 Å². The number of nitro groups is 1. The SMILES string of the molecule is CCCCCCCCCCCCCCCCCCOC[C@H](COP(=O)(OC[C@@H](OC#N)[C@H]1OC(C)(C)O[C@H]1c1ccc2c(N)ncnn12)Oc1ccc([N+](=O)[O-])cc1)OCc1ccc2ccccc2c1. The van der Waals surface area contributed by atoms with Crippen molar-refractivity contribution < 1.29 is 46.7 Å². The fourth-order valence-electron chi connectivity index (χ4n) is 8.58. The lowest BCUT2D eigenvalue weighted by Gasteiger charge is -2.27. The Morgan fingerprint density at radius 2 is 1.47 bits per heavy atom. The molecule has 17 nitrogen and oxygen atoms in total. The molecule has 1 fully saturated rings. The van der Waals surface area contributed by atoms with E-state index in [9.17, 15) is 19.9 Å². The zero-order valence-corrected chi connectivity index (χ0v) is 41.9. The van der Waals surface area contributed by atoms with Gasteiger partial charge in [0.15, 0.2) is 17.7 Å². The fourth-order valence-corrected chi connectivity index (χ4v) is 9.82. The third-order valence-electron chi connectivity index (χ3n) is 12.3. The molecule has 6 rings (SSSR count). The second-order valence-electron chi connectivity index (χ2n) is 18.3. The first kappa shape index (κ1) is 54.2. The molecule has 2 aromatic heterocycles. The van der Waals surface area contributed by atoms with E-state index < -0.39 is 49.6 Å². The summed E-state index contributed by atoms with van der Waals surface area (Å²) in [4.78, 5) is 14.9. The van der Waals surface area contributed by atoms with Crippen LogP contribution in [0.4, 0.5) is 11.5 Å². The smallest absolute Gasteiger partial charge is 0.419 e. The zero-order valence-electron chi connectivity index (χ0n) is 41.0. The number of phosphoric ester groups is 1. The molecule has 1 aliphatic rings. The van der Waals surface area contributed by atoms with Gasteiger partial charge in [-0.1, -0.05) is 140 Å². The van der Waals surface area contributed by atoms with E-state index in [-0.39, 0.29) is 37.1 Å². The number of nitrogens with two attached hydrogens (primary N) is 1. The molecule has 0 spiro atoms. The molecule has 5 atom stereocenters. The van der Waals surface area contributed by atoms with Crippen molar-refractivity contribution in [3.63, 3.8) is 0 Å². The number of aromatic nitrogens is 3. The van der Waals surface area contributed by atoms with Crippen molar-refractivity contribution in [1.29, 1.82) is 5.26 Å². The molecule has 0 saturated carbocycles. The number of non-ortho nitro benzene ring substituents is 1. The molecule has 3 aromatic carbocycles. The van der Waals surface area contributed by atoms with Gasteiger partial charge in [0, 0.05) is 18.7 Å². The predicted molar refractivity (Wildman–Crippen MR) is 267 cm³/mol. The molecule has 70 heavy (non-hydrogen) atoms. The van der Waals surface area contributed by atoms with Gasteiger partial charge in [0.2, 0.25) is 0 Å². The maximum atomic E-state index is 14.8. The number of nitriles is 1. The second kappa shape index (κ2) is 28.0. The van der Waals surface area contributed by atoms with Gasteiger partial charge in [0.25, 0.3) is 11.9 Å². The van der Waals surface area contributed by atoms with Gasteiger partial charge in [-0.05, 0) is 66.9 Å². The third-order valence-corrected chi connectivity index (χ3v) is 13.7. The van der Waals surface area contributed by atoms with Crippen molar-refractivity contribution in [3.8, 4) is 12.0 Å². The quantitative estimate of drug-likeness (QED) is 0.0133. The summed E-state index contributed by atoms with van der Waals surface area (Å²) < 4.78 is 64.9. The molecule has 380 valence electrons. The van der Waals surface area contributed by atoms with E-state index >= 15 is 0 Å². The van der Waals surface area contributed by atoms with Crippen LogP contribution in [0, 0.1) is 21.6 Å². The monoisotopic (exact) mass is 986 g/mol. The van der Waals surface area contributed by atoms with Crippen molar-refractivity contribution in [1.82, 2.24) is 14.6 Å².